The third-order valence-corrected chi connectivity index (χ3v) is 5.91. The number of aliphatic hydroxyl groups is 1. The van der Waals surface area contributed by atoms with Crippen LogP contribution in [0, 0.1) is 23.7 Å². The van der Waals surface area contributed by atoms with Crippen molar-refractivity contribution in [3.05, 3.63) is 17.8 Å². The predicted molar refractivity (Wildman–Crippen MR) is 74.7 cm³/mol. The van der Waals surface area contributed by atoms with E-state index in [1.165, 1.54) is 6.33 Å². The molecule has 2 aromatic rings. The average Bonchev–Trinajstić information content (AvgIpc) is 3.17. The van der Waals surface area contributed by atoms with Crippen molar-refractivity contribution < 1.29 is 9.84 Å². The van der Waals surface area contributed by atoms with Crippen LogP contribution in [0.2, 0.25) is 5.15 Å². The van der Waals surface area contributed by atoms with Gasteiger partial charge in [0.1, 0.15) is 11.8 Å². The van der Waals surface area contributed by atoms with Crippen LogP contribution in [0.4, 0.5) is 0 Å². The fourth-order valence-corrected chi connectivity index (χ4v) is 4.92. The van der Waals surface area contributed by atoms with Crippen LogP contribution < -0.4 is 0 Å². The van der Waals surface area contributed by atoms with Gasteiger partial charge in [0, 0.05) is 6.54 Å². The molecule has 0 amide bonds. The summed E-state index contributed by atoms with van der Waals surface area (Å²) in [5.41, 5.74) is 1.41. The Balaban J connectivity index is 1.51. The lowest BCUT2D eigenvalue weighted by Crippen LogP contribution is -2.38. The number of nitrogens with zero attached hydrogens (tertiary/aromatic N) is 4. The number of hydrogen-bond acceptors (Lipinski definition) is 5. The van der Waals surface area contributed by atoms with Gasteiger partial charge in [-0.1, -0.05) is 11.6 Å². The molecule has 0 aromatic carbocycles. The first-order valence-corrected chi connectivity index (χ1v) is 7.73. The minimum absolute atomic E-state index is 0.0764. The van der Waals surface area contributed by atoms with Gasteiger partial charge in [0.2, 0.25) is 0 Å². The number of halogens is 1. The Morgan fingerprint density at radius 1 is 1.29 bits per heavy atom. The normalized spacial score (nSPS) is 40.5. The molecule has 0 radical (unpaired) electrons. The zero-order valence-corrected chi connectivity index (χ0v) is 12.0. The van der Waals surface area contributed by atoms with Crippen molar-refractivity contribution in [3.63, 3.8) is 0 Å². The standard InChI is InChI=1S/C14H15ClN4O2/c15-13-10-14(17-4-16-13)19(5-18-10)2-8-6-1-7-9(8)3-21-12(7)11(6)20/h4-9,11-12,20H,1-3H2. The van der Waals surface area contributed by atoms with Crippen molar-refractivity contribution in [3.8, 4) is 0 Å². The third kappa shape index (κ3) is 1.53. The van der Waals surface area contributed by atoms with Gasteiger partial charge in [-0.3, -0.25) is 0 Å². The molecule has 6 nitrogen and oxygen atoms in total. The molecule has 3 aliphatic rings. The van der Waals surface area contributed by atoms with Crippen molar-refractivity contribution >= 4 is 22.8 Å². The highest BCUT2D eigenvalue weighted by Gasteiger charge is 2.61. The van der Waals surface area contributed by atoms with Gasteiger partial charge in [-0.15, -0.1) is 0 Å². The number of hydrogen-bond donors (Lipinski definition) is 1. The molecule has 3 heterocycles. The van der Waals surface area contributed by atoms with Gasteiger partial charge in [0.15, 0.2) is 10.8 Å². The molecule has 5 rings (SSSR count). The molecule has 1 saturated heterocycles. The fraction of sp³-hybridized carbons (Fsp3) is 0.643. The molecule has 7 heteroatoms. The van der Waals surface area contributed by atoms with E-state index < -0.39 is 0 Å². The van der Waals surface area contributed by atoms with E-state index in [0.29, 0.717) is 34.3 Å². The largest absolute Gasteiger partial charge is 0.390 e. The van der Waals surface area contributed by atoms with E-state index in [2.05, 4.69) is 15.0 Å². The summed E-state index contributed by atoms with van der Waals surface area (Å²) in [5.74, 6) is 1.85. The van der Waals surface area contributed by atoms with Crippen LogP contribution in [0.15, 0.2) is 12.7 Å². The summed E-state index contributed by atoms with van der Waals surface area (Å²) in [7, 11) is 0. The van der Waals surface area contributed by atoms with Crippen LogP contribution in [-0.2, 0) is 11.3 Å². The molecule has 110 valence electrons. The first-order valence-electron chi connectivity index (χ1n) is 7.35. The van der Waals surface area contributed by atoms with Crippen LogP contribution in [-0.4, -0.2) is 43.4 Å². The summed E-state index contributed by atoms with van der Waals surface area (Å²) in [6.45, 7) is 1.58. The minimum Gasteiger partial charge on any atom is -0.390 e. The lowest BCUT2D eigenvalue weighted by molar-refractivity contribution is -0.0186. The number of rotatable bonds is 2. The summed E-state index contributed by atoms with van der Waals surface area (Å²) in [6.07, 6.45) is 4.09. The second-order valence-corrected chi connectivity index (χ2v) is 6.77. The Kier molecular flexibility index (Phi) is 2.43. The van der Waals surface area contributed by atoms with Gasteiger partial charge >= 0.3 is 0 Å². The zero-order valence-electron chi connectivity index (χ0n) is 11.3. The topological polar surface area (TPSA) is 73.1 Å². The van der Waals surface area contributed by atoms with E-state index in [4.69, 9.17) is 16.3 Å². The van der Waals surface area contributed by atoms with E-state index in [0.717, 1.165) is 25.2 Å². The molecule has 21 heavy (non-hydrogen) atoms. The quantitative estimate of drug-likeness (QED) is 0.842. The predicted octanol–water partition coefficient (Wildman–Crippen LogP) is 1.12. The molecular formula is C14H15ClN4O2. The van der Waals surface area contributed by atoms with Crippen LogP contribution in [0.5, 0.6) is 0 Å². The highest BCUT2D eigenvalue weighted by atomic mass is 35.5. The SMILES string of the molecule is OC1C2CC3C(COC13)C2Cn1cnc2c(Cl)ncnc21. The Morgan fingerprint density at radius 3 is 3.10 bits per heavy atom. The summed E-state index contributed by atoms with van der Waals surface area (Å²) < 4.78 is 7.81. The lowest BCUT2D eigenvalue weighted by Gasteiger charge is -2.30. The Bertz CT molecular complexity index is 720. The first-order chi connectivity index (χ1) is 10.2. The van der Waals surface area contributed by atoms with E-state index in [1.54, 1.807) is 6.33 Å². The van der Waals surface area contributed by atoms with Gasteiger partial charge in [-0.25, -0.2) is 15.0 Å². The smallest absolute Gasteiger partial charge is 0.164 e. The van der Waals surface area contributed by atoms with Crippen molar-refractivity contribution in [2.24, 2.45) is 23.7 Å². The molecule has 2 bridgehead atoms. The maximum atomic E-state index is 10.4. The van der Waals surface area contributed by atoms with Crippen LogP contribution in [0.25, 0.3) is 11.2 Å². The molecule has 2 saturated carbocycles. The maximum absolute atomic E-state index is 10.4. The molecule has 6 atom stereocenters. The molecule has 3 fully saturated rings. The van der Waals surface area contributed by atoms with Crippen molar-refractivity contribution in [2.75, 3.05) is 6.61 Å². The van der Waals surface area contributed by atoms with Gasteiger partial charge in [0.05, 0.1) is 25.1 Å². The number of aromatic nitrogens is 4. The van der Waals surface area contributed by atoms with Gasteiger partial charge in [0.25, 0.3) is 0 Å². The van der Waals surface area contributed by atoms with E-state index in [1.807, 2.05) is 4.57 Å². The van der Waals surface area contributed by atoms with Crippen LogP contribution in [0.1, 0.15) is 6.42 Å². The van der Waals surface area contributed by atoms with E-state index in [9.17, 15) is 5.11 Å². The molecule has 6 unspecified atom stereocenters. The van der Waals surface area contributed by atoms with E-state index >= 15 is 0 Å². The van der Waals surface area contributed by atoms with E-state index in [-0.39, 0.29) is 12.2 Å². The molecule has 0 spiro atoms. The van der Waals surface area contributed by atoms with Gasteiger partial charge in [-0.05, 0) is 30.1 Å². The molecular weight excluding hydrogens is 292 g/mol. The van der Waals surface area contributed by atoms with Crippen molar-refractivity contribution in [1.29, 1.82) is 0 Å². The first kappa shape index (κ1) is 12.3. The molecule has 1 aliphatic heterocycles. The monoisotopic (exact) mass is 306 g/mol. The zero-order chi connectivity index (χ0) is 14.1. The maximum Gasteiger partial charge on any atom is 0.164 e. The minimum atomic E-state index is -0.313. The lowest BCUT2D eigenvalue weighted by atomic mass is 9.79. The summed E-state index contributed by atoms with van der Waals surface area (Å²) in [6, 6.07) is 0. The second kappa shape index (κ2) is 4.15. The third-order valence-electron chi connectivity index (χ3n) is 5.64. The number of aliphatic hydroxyl groups excluding tert-OH is 1. The van der Waals surface area contributed by atoms with Crippen molar-refractivity contribution in [1.82, 2.24) is 19.5 Å². The van der Waals surface area contributed by atoms with Crippen molar-refractivity contribution in [2.45, 2.75) is 25.2 Å². The Morgan fingerprint density at radius 2 is 2.19 bits per heavy atom. The second-order valence-electron chi connectivity index (χ2n) is 6.41. The molecule has 2 aliphatic carbocycles. The van der Waals surface area contributed by atoms with Crippen LogP contribution in [0.3, 0.4) is 0 Å². The highest BCUT2D eigenvalue weighted by molar-refractivity contribution is 6.33. The number of imidazole rings is 1. The summed E-state index contributed by atoms with van der Waals surface area (Å²) in [4.78, 5) is 12.6. The Labute approximate surface area is 126 Å². The molecule has 2 aromatic heterocycles. The number of fused-ring (bicyclic) bond motifs is 2. The Hall–Kier alpha value is -1.24. The van der Waals surface area contributed by atoms with Crippen LogP contribution >= 0.6 is 11.6 Å². The summed E-state index contributed by atoms with van der Waals surface area (Å²) in [5, 5.41) is 10.8. The molecule has 1 N–H and O–H groups in total. The summed E-state index contributed by atoms with van der Waals surface area (Å²) >= 11 is 6.05. The number of ether oxygens (including phenoxy) is 1. The fourth-order valence-electron chi connectivity index (χ4n) is 4.74. The average molecular weight is 307 g/mol. The van der Waals surface area contributed by atoms with Gasteiger partial charge < -0.3 is 14.4 Å². The van der Waals surface area contributed by atoms with Gasteiger partial charge in [-0.2, -0.15) is 0 Å². The highest BCUT2D eigenvalue weighted by Crippen LogP contribution is 2.57.